The van der Waals surface area contributed by atoms with Gasteiger partial charge in [-0.2, -0.15) is 0 Å². The smallest absolute Gasteiger partial charge is 0.123 e. The van der Waals surface area contributed by atoms with Crippen LogP contribution in [-0.2, 0) is 6.54 Å². The summed E-state index contributed by atoms with van der Waals surface area (Å²) >= 11 is 6.20. The number of rotatable bonds is 4. The Morgan fingerprint density at radius 1 is 1.20 bits per heavy atom. The van der Waals surface area contributed by atoms with E-state index in [4.69, 9.17) is 11.6 Å². The van der Waals surface area contributed by atoms with Crippen LogP contribution in [0.25, 0.3) is 11.1 Å². The maximum Gasteiger partial charge on any atom is 0.123 e. The minimum atomic E-state index is -0.195. The van der Waals surface area contributed by atoms with Crippen LogP contribution in [0, 0.1) is 12.7 Å². The van der Waals surface area contributed by atoms with Gasteiger partial charge < -0.3 is 5.32 Å². The van der Waals surface area contributed by atoms with Gasteiger partial charge in [0.15, 0.2) is 0 Å². The summed E-state index contributed by atoms with van der Waals surface area (Å²) in [5.41, 5.74) is 4.11. The van der Waals surface area contributed by atoms with Crippen molar-refractivity contribution in [2.75, 3.05) is 0 Å². The Hall–Kier alpha value is -1.38. The Bertz CT molecular complexity index is 635. The lowest BCUT2D eigenvalue weighted by Crippen LogP contribution is -2.16. The lowest BCUT2D eigenvalue weighted by molar-refractivity contribution is 0.620. The third kappa shape index (κ3) is 3.02. The van der Waals surface area contributed by atoms with Crippen LogP contribution in [-0.4, -0.2) is 6.04 Å². The number of nitrogens with one attached hydrogen (secondary N) is 1. The van der Waals surface area contributed by atoms with Crippen LogP contribution < -0.4 is 5.32 Å². The molecule has 0 saturated heterocycles. The van der Waals surface area contributed by atoms with Gasteiger partial charge in [0, 0.05) is 17.6 Å². The van der Waals surface area contributed by atoms with E-state index in [1.807, 2.05) is 31.2 Å². The van der Waals surface area contributed by atoms with Gasteiger partial charge in [-0.3, -0.25) is 0 Å². The molecule has 1 nitrogen and oxygen atoms in total. The minimum Gasteiger partial charge on any atom is -0.310 e. The molecule has 1 N–H and O–H groups in total. The molecule has 0 spiro atoms. The van der Waals surface area contributed by atoms with Crippen LogP contribution in [0.5, 0.6) is 0 Å². The molecule has 1 aliphatic rings. The van der Waals surface area contributed by atoms with E-state index in [1.165, 1.54) is 18.9 Å². The van der Waals surface area contributed by atoms with E-state index < -0.39 is 0 Å². The van der Waals surface area contributed by atoms with Gasteiger partial charge >= 0.3 is 0 Å². The number of halogens is 2. The molecule has 0 heterocycles. The van der Waals surface area contributed by atoms with Crippen LogP contribution in [0.4, 0.5) is 4.39 Å². The topological polar surface area (TPSA) is 12.0 Å². The zero-order chi connectivity index (χ0) is 14.1. The fraction of sp³-hybridized carbons (Fsp3) is 0.294. The molecule has 0 aromatic heterocycles. The molecule has 2 aromatic carbocycles. The fourth-order valence-corrected chi connectivity index (χ4v) is 2.47. The number of aryl methyl sites for hydroxylation is 1. The van der Waals surface area contributed by atoms with E-state index in [0.717, 1.165) is 27.3 Å². The van der Waals surface area contributed by atoms with Gasteiger partial charge in [0.1, 0.15) is 5.82 Å². The van der Waals surface area contributed by atoms with Crippen molar-refractivity contribution < 1.29 is 4.39 Å². The third-order valence-electron chi connectivity index (χ3n) is 3.71. The minimum absolute atomic E-state index is 0.195. The molecule has 0 bridgehead atoms. The van der Waals surface area contributed by atoms with Crippen LogP contribution in [0.1, 0.15) is 24.0 Å². The molecule has 1 fully saturated rings. The summed E-state index contributed by atoms with van der Waals surface area (Å²) in [7, 11) is 0. The van der Waals surface area contributed by atoms with E-state index in [1.54, 1.807) is 6.07 Å². The van der Waals surface area contributed by atoms with Crippen molar-refractivity contribution in [1.29, 1.82) is 0 Å². The molecular formula is C17H17ClFN. The first kappa shape index (κ1) is 13.6. The maximum absolute atomic E-state index is 13.5. The van der Waals surface area contributed by atoms with Crippen LogP contribution in [0.15, 0.2) is 36.4 Å². The van der Waals surface area contributed by atoms with Gasteiger partial charge in [-0.25, -0.2) is 4.39 Å². The summed E-state index contributed by atoms with van der Waals surface area (Å²) in [6, 6.07) is 11.5. The number of hydrogen-bond acceptors (Lipinski definition) is 1. The molecule has 0 amide bonds. The highest BCUT2D eigenvalue weighted by molar-refractivity contribution is 6.31. The molecule has 104 valence electrons. The van der Waals surface area contributed by atoms with E-state index in [-0.39, 0.29) is 5.82 Å². The lowest BCUT2D eigenvalue weighted by atomic mass is 9.98. The summed E-state index contributed by atoms with van der Waals surface area (Å²) < 4.78 is 13.5. The Balaban J connectivity index is 1.95. The van der Waals surface area contributed by atoms with Crippen molar-refractivity contribution >= 4 is 11.6 Å². The van der Waals surface area contributed by atoms with E-state index in [9.17, 15) is 4.39 Å². The van der Waals surface area contributed by atoms with Crippen LogP contribution in [0.3, 0.4) is 0 Å². The highest BCUT2D eigenvalue weighted by Crippen LogP contribution is 2.29. The van der Waals surface area contributed by atoms with E-state index in [2.05, 4.69) is 5.32 Å². The predicted octanol–water partition coefficient (Wildman–Crippen LogP) is 4.71. The van der Waals surface area contributed by atoms with Gasteiger partial charge in [-0.1, -0.05) is 29.8 Å². The van der Waals surface area contributed by atoms with Gasteiger partial charge in [-0.15, -0.1) is 0 Å². The summed E-state index contributed by atoms with van der Waals surface area (Å²) in [5, 5.41) is 4.18. The van der Waals surface area contributed by atoms with Crippen molar-refractivity contribution in [3.05, 3.63) is 58.4 Å². The Kier molecular flexibility index (Phi) is 3.77. The molecule has 1 aliphatic carbocycles. The first-order chi connectivity index (χ1) is 9.63. The molecule has 2 aromatic rings. The van der Waals surface area contributed by atoms with Crippen molar-refractivity contribution in [2.45, 2.75) is 32.4 Å². The largest absolute Gasteiger partial charge is 0.310 e. The molecule has 0 aliphatic heterocycles. The molecule has 20 heavy (non-hydrogen) atoms. The molecule has 1 saturated carbocycles. The predicted molar refractivity (Wildman–Crippen MR) is 81.4 cm³/mol. The van der Waals surface area contributed by atoms with Crippen molar-refractivity contribution in [1.82, 2.24) is 5.32 Å². The summed E-state index contributed by atoms with van der Waals surface area (Å²) in [4.78, 5) is 0. The normalized spacial score (nSPS) is 14.6. The Morgan fingerprint density at radius 2 is 2.00 bits per heavy atom. The van der Waals surface area contributed by atoms with Crippen molar-refractivity contribution in [2.24, 2.45) is 0 Å². The summed E-state index contributed by atoms with van der Waals surface area (Å²) in [5.74, 6) is -0.195. The van der Waals surface area contributed by atoms with Gasteiger partial charge in [0.25, 0.3) is 0 Å². The number of benzene rings is 2. The van der Waals surface area contributed by atoms with E-state index in [0.29, 0.717) is 12.6 Å². The third-order valence-corrected chi connectivity index (χ3v) is 4.12. The maximum atomic E-state index is 13.5. The average molecular weight is 290 g/mol. The number of hydrogen-bond donors (Lipinski definition) is 1. The first-order valence-corrected chi connectivity index (χ1v) is 7.29. The average Bonchev–Trinajstić information content (AvgIpc) is 3.24. The summed E-state index contributed by atoms with van der Waals surface area (Å²) in [6.45, 7) is 2.68. The first-order valence-electron chi connectivity index (χ1n) is 6.92. The molecule has 0 radical (unpaired) electrons. The molecular weight excluding hydrogens is 273 g/mol. The lowest BCUT2D eigenvalue weighted by Gasteiger charge is -2.12. The van der Waals surface area contributed by atoms with Crippen molar-refractivity contribution in [3.63, 3.8) is 0 Å². The van der Waals surface area contributed by atoms with Gasteiger partial charge in [0.05, 0.1) is 0 Å². The highest BCUT2D eigenvalue weighted by Gasteiger charge is 2.20. The zero-order valence-electron chi connectivity index (χ0n) is 11.4. The second-order valence-corrected chi connectivity index (χ2v) is 5.83. The second kappa shape index (κ2) is 5.55. The Labute approximate surface area is 123 Å². The van der Waals surface area contributed by atoms with Gasteiger partial charge in [0.2, 0.25) is 0 Å². The fourth-order valence-electron chi connectivity index (χ4n) is 2.29. The molecule has 0 unspecified atom stereocenters. The SMILES string of the molecule is Cc1ccc(-c2ccc(F)cc2CNC2CC2)cc1Cl. The van der Waals surface area contributed by atoms with E-state index >= 15 is 0 Å². The van der Waals surface area contributed by atoms with Crippen LogP contribution >= 0.6 is 11.6 Å². The molecule has 3 rings (SSSR count). The second-order valence-electron chi connectivity index (χ2n) is 5.42. The van der Waals surface area contributed by atoms with Crippen LogP contribution in [0.2, 0.25) is 5.02 Å². The Morgan fingerprint density at radius 3 is 2.70 bits per heavy atom. The van der Waals surface area contributed by atoms with Gasteiger partial charge in [-0.05, 0) is 60.2 Å². The zero-order valence-corrected chi connectivity index (χ0v) is 12.2. The monoisotopic (exact) mass is 289 g/mol. The summed E-state index contributed by atoms with van der Waals surface area (Å²) in [6.07, 6.45) is 2.45. The molecule has 3 heteroatoms. The highest BCUT2D eigenvalue weighted by atomic mass is 35.5. The quantitative estimate of drug-likeness (QED) is 0.860. The standard InChI is InChI=1S/C17H17ClFN/c1-11-2-3-12(9-17(11)18)16-7-4-14(19)8-13(16)10-20-15-5-6-15/h2-4,7-9,15,20H,5-6,10H2,1H3. The molecule has 0 atom stereocenters. The van der Waals surface area contributed by atoms with Crippen molar-refractivity contribution in [3.8, 4) is 11.1 Å².